The lowest BCUT2D eigenvalue weighted by Crippen LogP contribution is -2.38. The normalized spacial score (nSPS) is 25.2. The van der Waals surface area contributed by atoms with Crippen molar-refractivity contribution in [3.05, 3.63) is 35.6 Å². The van der Waals surface area contributed by atoms with Gasteiger partial charge in [0.1, 0.15) is 5.82 Å². The van der Waals surface area contributed by atoms with Gasteiger partial charge in [0.05, 0.1) is 12.0 Å². The van der Waals surface area contributed by atoms with Gasteiger partial charge in [0, 0.05) is 20.0 Å². The summed E-state index contributed by atoms with van der Waals surface area (Å²) in [4.78, 5) is 26.1. The van der Waals surface area contributed by atoms with Gasteiger partial charge in [0.2, 0.25) is 11.8 Å². The van der Waals surface area contributed by atoms with Crippen LogP contribution in [0, 0.1) is 17.7 Å². The van der Waals surface area contributed by atoms with Gasteiger partial charge >= 0.3 is 0 Å². The Morgan fingerprint density at radius 1 is 1.32 bits per heavy atom. The number of hydrogen-bond acceptors (Lipinski definition) is 2. The van der Waals surface area contributed by atoms with E-state index in [9.17, 15) is 14.0 Å². The molecule has 1 aromatic rings. The Labute approximate surface area is 129 Å². The van der Waals surface area contributed by atoms with Crippen molar-refractivity contribution in [3.63, 3.8) is 0 Å². The van der Waals surface area contributed by atoms with Gasteiger partial charge in [-0.3, -0.25) is 9.59 Å². The van der Waals surface area contributed by atoms with E-state index in [0.717, 1.165) is 5.56 Å². The summed E-state index contributed by atoms with van der Waals surface area (Å²) in [7, 11) is 1.70. The Bertz CT molecular complexity index is 569. The number of benzene rings is 1. The summed E-state index contributed by atoms with van der Waals surface area (Å²) in [5.41, 5.74) is 0.804. The summed E-state index contributed by atoms with van der Waals surface area (Å²) in [6, 6.07) is 5.74. The highest BCUT2D eigenvalue weighted by atomic mass is 19.1. The highest BCUT2D eigenvalue weighted by molar-refractivity contribution is 5.90. The summed E-state index contributed by atoms with van der Waals surface area (Å²) < 4.78 is 13.1. The molecule has 0 radical (unpaired) electrons. The predicted octanol–water partition coefficient (Wildman–Crippen LogP) is 2.26. The molecule has 1 aromatic carbocycles. The number of nitrogens with one attached hydrogen (secondary N) is 1. The summed E-state index contributed by atoms with van der Waals surface area (Å²) in [5, 5.41) is 2.99. The molecular formula is C17H21FN2O2. The van der Waals surface area contributed by atoms with Crippen molar-refractivity contribution in [2.24, 2.45) is 11.8 Å². The van der Waals surface area contributed by atoms with Gasteiger partial charge in [-0.05, 0) is 36.5 Å². The van der Waals surface area contributed by atoms with Crippen molar-refractivity contribution in [3.8, 4) is 0 Å². The van der Waals surface area contributed by atoms with E-state index in [4.69, 9.17) is 0 Å². The summed E-state index contributed by atoms with van der Waals surface area (Å²) in [5.74, 6) is -0.246. The largest absolute Gasteiger partial charge is 0.355 e. The minimum absolute atomic E-state index is 0.0434. The van der Waals surface area contributed by atoms with Crippen LogP contribution in [0.2, 0.25) is 0 Å². The first-order valence-corrected chi connectivity index (χ1v) is 7.85. The second-order valence-corrected chi connectivity index (χ2v) is 6.35. The average Bonchev–Trinajstić information content (AvgIpc) is 2.74. The molecule has 2 aliphatic rings. The summed E-state index contributed by atoms with van der Waals surface area (Å²) in [6.45, 7) is 0.698. The van der Waals surface area contributed by atoms with Gasteiger partial charge in [-0.15, -0.1) is 0 Å². The Morgan fingerprint density at radius 3 is 2.59 bits per heavy atom. The number of halogens is 1. The molecule has 1 aliphatic carbocycles. The number of carbonyl (C=O) groups is 2. The van der Waals surface area contributed by atoms with Crippen molar-refractivity contribution in [1.82, 2.24) is 10.2 Å². The maximum atomic E-state index is 13.1. The van der Waals surface area contributed by atoms with Gasteiger partial charge in [-0.1, -0.05) is 18.6 Å². The molecule has 22 heavy (non-hydrogen) atoms. The zero-order chi connectivity index (χ0) is 15.7. The van der Waals surface area contributed by atoms with Crippen LogP contribution >= 0.6 is 0 Å². The van der Waals surface area contributed by atoms with Gasteiger partial charge in [0.25, 0.3) is 0 Å². The van der Waals surface area contributed by atoms with Crippen molar-refractivity contribution in [2.45, 2.75) is 31.7 Å². The van der Waals surface area contributed by atoms with E-state index in [1.807, 2.05) is 0 Å². The highest BCUT2D eigenvalue weighted by Gasteiger charge is 2.42. The minimum atomic E-state index is -0.400. The highest BCUT2D eigenvalue weighted by Crippen LogP contribution is 2.37. The lowest BCUT2D eigenvalue weighted by Gasteiger charge is -2.28. The first kappa shape index (κ1) is 15.0. The average molecular weight is 304 g/mol. The fourth-order valence-electron chi connectivity index (χ4n) is 3.29. The first-order chi connectivity index (χ1) is 10.6. The molecule has 1 saturated carbocycles. The van der Waals surface area contributed by atoms with Crippen LogP contribution in [0.25, 0.3) is 0 Å². The molecule has 1 N–H and O–H groups in total. The SMILES string of the molecule is CN1C(=O)CC(C(=O)NCC2CCC2)C1c1ccc(F)cc1. The molecule has 1 heterocycles. The molecular weight excluding hydrogens is 283 g/mol. The van der Waals surface area contributed by atoms with Crippen LogP contribution < -0.4 is 5.32 Å². The molecule has 0 bridgehead atoms. The van der Waals surface area contributed by atoms with Gasteiger partial charge in [-0.2, -0.15) is 0 Å². The van der Waals surface area contributed by atoms with Crippen LogP contribution in [0.3, 0.4) is 0 Å². The molecule has 2 fully saturated rings. The third kappa shape index (κ3) is 2.85. The van der Waals surface area contributed by atoms with Crippen LogP contribution in [0.4, 0.5) is 4.39 Å². The van der Waals surface area contributed by atoms with E-state index < -0.39 is 5.92 Å². The Hall–Kier alpha value is -1.91. The number of rotatable bonds is 4. The third-order valence-electron chi connectivity index (χ3n) is 4.92. The number of carbonyl (C=O) groups excluding carboxylic acids is 2. The molecule has 0 spiro atoms. The minimum Gasteiger partial charge on any atom is -0.355 e. The number of likely N-dealkylation sites (tertiary alicyclic amines) is 1. The van der Waals surface area contributed by atoms with E-state index in [1.54, 1.807) is 24.1 Å². The first-order valence-electron chi connectivity index (χ1n) is 7.85. The monoisotopic (exact) mass is 304 g/mol. The molecule has 2 atom stereocenters. The van der Waals surface area contributed by atoms with E-state index in [0.29, 0.717) is 12.5 Å². The van der Waals surface area contributed by atoms with Crippen LogP contribution in [-0.2, 0) is 9.59 Å². The van der Waals surface area contributed by atoms with Crippen LogP contribution in [0.15, 0.2) is 24.3 Å². The second-order valence-electron chi connectivity index (χ2n) is 6.35. The van der Waals surface area contributed by atoms with E-state index in [2.05, 4.69) is 5.32 Å². The molecule has 4 nitrogen and oxygen atoms in total. The lowest BCUT2D eigenvalue weighted by molar-refractivity contribution is -0.128. The molecule has 2 amide bonds. The topological polar surface area (TPSA) is 49.4 Å². The standard InChI is InChI=1S/C17H21FN2O2/c1-20-15(21)9-14(17(22)19-10-11-3-2-4-11)16(20)12-5-7-13(18)8-6-12/h5-8,11,14,16H,2-4,9-10H2,1H3,(H,19,22). The van der Waals surface area contributed by atoms with Crippen LogP contribution in [0.1, 0.15) is 37.3 Å². The molecule has 3 rings (SSSR count). The van der Waals surface area contributed by atoms with Crippen molar-refractivity contribution >= 4 is 11.8 Å². The van der Waals surface area contributed by atoms with Crippen molar-refractivity contribution < 1.29 is 14.0 Å². The molecule has 1 saturated heterocycles. The van der Waals surface area contributed by atoms with E-state index in [1.165, 1.54) is 31.4 Å². The van der Waals surface area contributed by atoms with Crippen LogP contribution in [-0.4, -0.2) is 30.3 Å². The van der Waals surface area contributed by atoms with Crippen molar-refractivity contribution in [2.75, 3.05) is 13.6 Å². The zero-order valence-electron chi connectivity index (χ0n) is 12.7. The second kappa shape index (κ2) is 6.07. The van der Waals surface area contributed by atoms with Gasteiger partial charge < -0.3 is 10.2 Å². The predicted molar refractivity (Wildman–Crippen MR) is 80.4 cm³/mol. The van der Waals surface area contributed by atoms with E-state index in [-0.39, 0.29) is 30.1 Å². The Balaban J connectivity index is 1.73. The number of nitrogens with zero attached hydrogens (tertiary/aromatic N) is 1. The number of amides is 2. The molecule has 2 unspecified atom stereocenters. The number of hydrogen-bond donors (Lipinski definition) is 1. The molecule has 118 valence electrons. The van der Waals surface area contributed by atoms with E-state index >= 15 is 0 Å². The maximum absolute atomic E-state index is 13.1. The maximum Gasteiger partial charge on any atom is 0.226 e. The van der Waals surface area contributed by atoms with Gasteiger partial charge in [-0.25, -0.2) is 4.39 Å². The summed E-state index contributed by atoms with van der Waals surface area (Å²) >= 11 is 0. The Morgan fingerprint density at radius 2 is 2.00 bits per heavy atom. The molecule has 0 aromatic heterocycles. The third-order valence-corrected chi connectivity index (χ3v) is 4.92. The molecule has 1 aliphatic heterocycles. The van der Waals surface area contributed by atoms with Gasteiger partial charge in [0.15, 0.2) is 0 Å². The Kier molecular flexibility index (Phi) is 4.14. The van der Waals surface area contributed by atoms with Crippen molar-refractivity contribution in [1.29, 1.82) is 0 Å². The summed E-state index contributed by atoms with van der Waals surface area (Å²) in [6.07, 6.45) is 3.80. The fourth-order valence-corrected chi connectivity index (χ4v) is 3.29. The van der Waals surface area contributed by atoms with Crippen LogP contribution in [0.5, 0.6) is 0 Å². The zero-order valence-corrected chi connectivity index (χ0v) is 12.7. The smallest absolute Gasteiger partial charge is 0.226 e. The quantitative estimate of drug-likeness (QED) is 0.927. The fraction of sp³-hybridized carbons (Fsp3) is 0.529. The lowest BCUT2D eigenvalue weighted by atomic mass is 9.85. The molecule has 5 heteroatoms.